The Labute approximate surface area is 120 Å². The van der Waals surface area contributed by atoms with Crippen LogP contribution in [-0.4, -0.2) is 4.98 Å². The average molecular weight is 317 g/mol. The summed E-state index contributed by atoms with van der Waals surface area (Å²) >= 11 is 3.48. The van der Waals surface area contributed by atoms with Gasteiger partial charge < -0.3 is 11.1 Å². The molecule has 0 fully saturated rings. The molecule has 0 spiro atoms. The van der Waals surface area contributed by atoms with Crippen LogP contribution in [0.15, 0.2) is 34.9 Å². The molecule has 0 saturated carbocycles. The third kappa shape index (κ3) is 3.04. The van der Waals surface area contributed by atoms with Crippen molar-refractivity contribution in [1.82, 2.24) is 4.98 Å². The average Bonchev–Trinajstić information content (AvgIpc) is 2.42. The van der Waals surface area contributed by atoms with E-state index in [1.165, 1.54) is 0 Å². The summed E-state index contributed by atoms with van der Waals surface area (Å²) in [6, 6.07) is 9.81. The van der Waals surface area contributed by atoms with Crippen molar-refractivity contribution in [2.24, 2.45) is 0 Å². The predicted octanol–water partition coefficient (Wildman–Crippen LogP) is 3.54. The minimum atomic E-state index is 0.420. The number of hydrogen-bond donors (Lipinski definition) is 2. The first-order valence-corrected chi connectivity index (χ1v) is 6.54. The summed E-state index contributed by atoms with van der Waals surface area (Å²) in [5.74, 6) is 0.722. The summed E-state index contributed by atoms with van der Waals surface area (Å²) in [6.45, 7) is 1.93. The lowest BCUT2D eigenvalue weighted by atomic mass is 10.1. The Balaban J connectivity index is 2.22. The lowest BCUT2D eigenvalue weighted by Crippen LogP contribution is -1.99. The quantitative estimate of drug-likeness (QED) is 0.908. The fraction of sp³-hybridized carbons (Fsp3) is 0.143. The molecule has 2 aromatic rings. The first-order chi connectivity index (χ1) is 9.11. The molecule has 5 heteroatoms. The van der Waals surface area contributed by atoms with Crippen molar-refractivity contribution in [3.63, 3.8) is 0 Å². The molecule has 96 valence electrons. The van der Waals surface area contributed by atoms with E-state index in [0.717, 1.165) is 27.1 Å². The summed E-state index contributed by atoms with van der Waals surface area (Å²) in [4.78, 5) is 4.26. The van der Waals surface area contributed by atoms with Gasteiger partial charge in [0, 0.05) is 5.69 Å². The fourth-order valence-corrected chi connectivity index (χ4v) is 2.04. The van der Waals surface area contributed by atoms with Gasteiger partial charge in [0.05, 0.1) is 28.8 Å². The maximum atomic E-state index is 8.62. The van der Waals surface area contributed by atoms with Crippen LogP contribution in [-0.2, 0) is 6.42 Å². The van der Waals surface area contributed by atoms with E-state index in [1.54, 1.807) is 6.20 Å². The Morgan fingerprint density at radius 3 is 2.68 bits per heavy atom. The zero-order chi connectivity index (χ0) is 13.8. The largest absolute Gasteiger partial charge is 0.397 e. The molecule has 0 amide bonds. The van der Waals surface area contributed by atoms with Gasteiger partial charge in [-0.05, 0) is 46.1 Å². The maximum absolute atomic E-state index is 8.62. The van der Waals surface area contributed by atoms with Crippen LogP contribution < -0.4 is 11.1 Å². The number of hydrogen-bond acceptors (Lipinski definition) is 4. The number of aromatic nitrogens is 1. The smallest absolute Gasteiger partial charge is 0.145 e. The van der Waals surface area contributed by atoms with Crippen LogP contribution in [0.1, 0.15) is 11.1 Å². The summed E-state index contributed by atoms with van der Waals surface area (Å²) in [6.07, 6.45) is 2.05. The third-order valence-corrected chi connectivity index (χ3v) is 3.77. The van der Waals surface area contributed by atoms with Crippen LogP contribution in [0.3, 0.4) is 0 Å². The molecule has 0 bridgehead atoms. The van der Waals surface area contributed by atoms with Crippen molar-refractivity contribution in [3.8, 4) is 6.07 Å². The third-order valence-electron chi connectivity index (χ3n) is 2.80. The van der Waals surface area contributed by atoms with Gasteiger partial charge in [-0.25, -0.2) is 4.98 Å². The van der Waals surface area contributed by atoms with E-state index in [0.29, 0.717) is 12.1 Å². The van der Waals surface area contributed by atoms with Crippen molar-refractivity contribution in [3.05, 3.63) is 46.1 Å². The normalized spacial score (nSPS) is 9.95. The van der Waals surface area contributed by atoms with Crippen molar-refractivity contribution in [2.45, 2.75) is 13.3 Å². The predicted molar refractivity (Wildman–Crippen MR) is 80.1 cm³/mol. The summed E-state index contributed by atoms with van der Waals surface area (Å²) in [5, 5.41) is 11.8. The van der Waals surface area contributed by atoms with E-state index < -0.39 is 0 Å². The minimum Gasteiger partial charge on any atom is -0.397 e. The van der Waals surface area contributed by atoms with E-state index in [-0.39, 0.29) is 0 Å². The molecule has 19 heavy (non-hydrogen) atoms. The van der Waals surface area contributed by atoms with Gasteiger partial charge in [-0.1, -0.05) is 12.1 Å². The Morgan fingerprint density at radius 1 is 1.37 bits per heavy atom. The number of nitrogens with zero attached hydrogens (tertiary/aromatic N) is 2. The number of anilines is 3. The number of nitrogen functional groups attached to an aromatic ring is 1. The van der Waals surface area contributed by atoms with E-state index in [2.05, 4.69) is 32.3 Å². The van der Waals surface area contributed by atoms with E-state index >= 15 is 0 Å². The van der Waals surface area contributed by atoms with Gasteiger partial charge >= 0.3 is 0 Å². The maximum Gasteiger partial charge on any atom is 0.145 e. The molecular weight excluding hydrogens is 304 g/mol. The lowest BCUT2D eigenvalue weighted by Gasteiger charge is -2.11. The zero-order valence-corrected chi connectivity index (χ0v) is 12.0. The number of nitriles is 1. The van der Waals surface area contributed by atoms with Gasteiger partial charge in [0.2, 0.25) is 0 Å². The van der Waals surface area contributed by atoms with Crippen LogP contribution in [0.25, 0.3) is 0 Å². The number of halogens is 1. The van der Waals surface area contributed by atoms with Crippen molar-refractivity contribution < 1.29 is 0 Å². The molecule has 0 atom stereocenters. The molecule has 1 aromatic heterocycles. The molecule has 0 aliphatic heterocycles. The van der Waals surface area contributed by atoms with Crippen LogP contribution in [0.4, 0.5) is 17.2 Å². The van der Waals surface area contributed by atoms with Crippen LogP contribution >= 0.6 is 15.9 Å². The molecule has 0 unspecified atom stereocenters. The van der Waals surface area contributed by atoms with Gasteiger partial charge in [-0.2, -0.15) is 5.26 Å². The second kappa shape index (κ2) is 5.72. The van der Waals surface area contributed by atoms with Crippen LogP contribution in [0, 0.1) is 18.3 Å². The fourth-order valence-electron chi connectivity index (χ4n) is 1.61. The standard InChI is InChI=1S/C14H13BrN4/c1-9-12(17)8-18-14(13(9)15)19-11-4-2-10(3-5-11)6-7-16/h2-5,8H,6,17H2,1H3,(H,18,19). The molecular formula is C14H13BrN4. The molecule has 4 nitrogen and oxygen atoms in total. The highest BCUT2D eigenvalue weighted by Crippen LogP contribution is 2.29. The van der Waals surface area contributed by atoms with Gasteiger partial charge in [0.25, 0.3) is 0 Å². The number of benzene rings is 1. The zero-order valence-electron chi connectivity index (χ0n) is 10.4. The Morgan fingerprint density at radius 2 is 2.05 bits per heavy atom. The summed E-state index contributed by atoms with van der Waals surface area (Å²) < 4.78 is 0.855. The molecule has 2 rings (SSSR count). The second-order valence-corrected chi connectivity index (χ2v) is 4.95. The van der Waals surface area contributed by atoms with Crippen molar-refractivity contribution in [2.75, 3.05) is 11.1 Å². The van der Waals surface area contributed by atoms with Crippen molar-refractivity contribution >= 4 is 33.1 Å². The Hall–Kier alpha value is -2.06. The van der Waals surface area contributed by atoms with Gasteiger partial charge in [-0.3, -0.25) is 0 Å². The molecule has 0 radical (unpaired) electrons. The number of rotatable bonds is 3. The van der Waals surface area contributed by atoms with Crippen LogP contribution in [0.5, 0.6) is 0 Å². The molecule has 1 aromatic carbocycles. The number of pyridine rings is 1. The first kappa shape index (κ1) is 13.4. The topological polar surface area (TPSA) is 74.7 Å². The first-order valence-electron chi connectivity index (χ1n) is 5.75. The van der Waals surface area contributed by atoms with Gasteiger partial charge in [0.1, 0.15) is 5.82 Å². The Bertz CT molecular complexity index is 629. The molecule has 3 N–H and O–H groups in total. The number of nitrogens with one attached hydrogen (secondary N) is 1. The van der Waals surface area contributed by atoms with Crippen molar-refractivity contribution in [1.29, 1.82) is 5.26 Å². The molecule has 1 heterocycles. The molecule has 0 aliphatic rings. The highest BCUT2D eigenvalue weighted by Gasteiger charge is 2.07. The highest BCUT2D eigenvalue weighted by atomic mass is 79.9. The molecule has 0 aliphatic carbocycles. The van der Waals surface area contributed by atoms with Gasteiger partial charge in [-0.15, -0.1) is 0 Å². The van der Waals surface area contributed by atoms with Gasteiger partial charge in [0.15, 0.2) is 0 Å². The number of nitrogens with two attached hydrogens (primary N) is 1. The second-order valence-electron chi connectivity index (χ2n) is 4.16. The van der Waals surface area contributed by atoms with E-state index in [9.17, 15) is 0 Å². The summed E-state index contributed by atoms with van der Waals surface area (Å²) in [7, 11) is 0. The summed E-state index contributed by atoms with van der Waals surface area (Å²) in [5.41, 5.74) is 9.31. The SMILES string of the molecule is Cc1c(N)cnc(Nc2ccc(CC#N)cc2)c1Br. The lowest BCUT2D eigenvalue weighted by molar-refractivity contribution is 1.24. The molecule has 0 saturated heterocycles. The highest BCUT2D eigenvalue weighted by molar-refractivity contribution is 9.10. The van der Waals surface area contributed by atoms with E-state index in [4.69, 9.17) is 11.0 Å². The van der Waals surface area contributed by atoms with Crippen LogP contribution in [0.2, 0.25) is 0 Å². The van der Waals surface area contributed by atoms with E-state index in [1.807, 2.05) is 31.2 Å². The monoisotopic (exact) mass is 316 g/mol. The minimum absolute atomic E-state index is 0.420. The Kier molecular flexibility index (Phi) is 4.03.